The number of halogens is 4. The number of likely N-dealkylation sites (tertiary alicyclic amines) is 1. The third kappa shape index (κ3) is 5.00. The maximum atomic E-state index is 12.5. The first-order chi connectivity index (χ1) is 8.97. The van der Waals surface area contributed by atoms with Gasteiger partial charge in [-0.25, -0.2) is 0 Å². The molecule has 0 saturated carbocycles. The predicted molar refractivity (Wildman–Crippen MR) is 76.3 cm³/mol. The minimum absolute atomic E-state index is 0. The molecular weight excluding hydrogens is 313 g/mol. The molecule has 118 valence electrons. The number of carbonyl (C=O) groups is 1. The zero-order chi connectivity index (χ0) is 13.9. The summed E-state index contributed by atoms with van der Waals surface area (Å²) in [7, 11) is 0. The van der Waals surface area contributed by atoms with Gasteiger partial charge < -0.3 is 10.2 Å². The third-order valence-corrected chi connectivity index (χ3v) is 4.86. The van der Waals surface area contributed by atoms with Crippen molar-refractivity contribution in [1.29, 1.82) is 0 Å². The standard InChI is InChI=1S/C12H19F3N2OS.ClH/c13-12(14,15)9-1-4-17(5-2-9)11(18)7-10-8-19-6-3-16-10;/h9-10,16H,1-8H2;1H. The van der Waals surface area contributed by atoms with Crippen molar-refractivity contribution < 1.29 is 18.0 Å². The molecule has 2 fully saturated rings. The first-order valence-electron chi connectivity index (χ1n) is 6.62. The summed E-state index contributed by atoms with van der Waals surface area (Å²) in [5, 5.41) is 3.27. The van der Waals surface area contributed by atoms with Crippen LogP contribution in [0.4, 0.5) is 13.2 Å². The molecule has 1 amide bonds. The lowest BCUT2D eigenvalue weighted by atomic mass is 9.96. The van der Waals surface area contributed by atoms with E-state index in [1.54, 1.807) is 4.90 Å². The van der Waals surface area contributed by atoms with Crippen LogP contribution in [0.15, 0.2) is 0 Å². The van der Waals surface area contributed by atoms with Crippen molar-refractivity contribution in [1.82, 2.24) is 10.2 Å². The second-order valence-electron chi connectivity index (χ2n) is 5.13. The number of alkyl halides is 3. The molecule has 3 nitrogen and oxygen atoms in total. The molecule has 0 radical (unpaired) electrons. The zero-order valence-electron chi connectivity index (χ0n) is 11.1. The molecule has 0 aliphatic carbocycles. The number of thioether (sulfide) groups is 1. The Kier molecular flexibility index (Phi) is 6.94. The lowest BCUT2D eigenvalue weighted by Crippen LogP contribution is -2.46. The predicted octanol–water partition coefficient (Wildman–Crippen LogP) is 2.30. The van der Waals surface area contributed by atoms with E-state index >= 15 is 0 Å². The van der Waals surface area contributed by atoms with E-state index in [4.69, 9.17) is 0 Å². The Morgan fingerprint density at radius 2 is 1.95 bits per heavy atom. The molecule has 2 rings (SSSR count). The van der Waals surface area contributed by atoms with Gasteiger partial charge >= 0.3 is 6.18 Å². The van der Waals surface area contributed by atoms with Crippen LogP contribution in [0.3, 0.4) is 0 Å². The molecule has 1 unspecified atom stereocenters. The van der Waals surface area contributed by atoms with Crippen LogP contribution < -0.4 is 5.32 Å². The first kappa shape index (κ1) is 17.9. The molecule has 0 spiro atoms. The molecule has 2 aliphatic heterocycles. The number of hydrogen-bond donors (Lipinski definition) is 1. The van der Waals surface area contributed by atoms with E-state index in [2.05, 4.69) is 5.32 Å². The van der Waals surface area contributed by atoms with Crippen LogP contribution >= 0.6 is 24.2 Å². The number of hydrogen-bond acceptors (Lipinski definition) is 3. The molecule has 0 aromatic heterocycles. The van der Waals surface area contributed by atoms with E-state index in [9.17, 15) is 18.0 Å². The minimum atomic E-state index is -4.11. The summed E-state index contributed by atoms with van der Waals surface area (Å²) in [4.78, 5) is 13.6. The maximum absolute atomic E-state index is 12.5. The molecule has 2 heterocycles. The minimum Gasteiger partial charge on any atom is -0.343 e. The molecule has 2 aliphatic rings. The highest BCUT2D eigenvalue weighted by molar-refractivity contribution is 7.99. The Morgan fingerprint density at radius 1 is 1.30 bits per heavy atom. The van der Waals surface area contributed by atoms with Gasteiger partial charge in [0.25, 0.3) is 0 Å². The molecule has 1 N–H and O–H groups in total. The number of rotatable bonds is 2. The summed E-state index contributed by atoms with van der Waals surface area (Å²) >= 11 is 1.81. The van der Waals surface area contributed by atoms with Crippen molar-refractivity contribution in [3.8, 4) is 0 Å². The molecule has 8 heteroatoms. The molecular formula is C12H20ClF3N2OS. The van der Waals surface area contributed by atoms with Crippen LogP contribution in [0, 0.1) is 5.92 Å². The van der Waals surface area contributed by atoms with Gasteiger partial charge in [-0.3, -0.25) is 4.79 Å². The zero-order valence-corrected chi connectivity index (χ0v) is 12.8. The molecule has 0 aromatic rings. The molecule has 0 bridgehead atoms. The molecule has 0 aromatic carbocycles. The van der Waals surface area contributed by atoms with Crippen LogP contribution in [0.5, 0.6) is 0 Å². The highest BCUT2D eigenvalue weighted by Gasteiger charge is 2.41. The van der Waals surface area contributed by atoms with Gasteiger partial charge in [-0.2, -0.15) is 24.9 Å². The van der Waals surface area contributed by atoms with Gasteiger partial charge in [-0.1, -0.05) is 0 Å². The number of piperidine rings is 1. The summed E-state index contributed by atoms with van der Waals surface area (Å²) in [6.45, 7) is 1.38. The van der Waals surface area contributed by atoms with E-state index in [1.807, 2.05) is 11.8 Å². The van der Waals surface area contributed by atoms with Crippen LogP contribution in [0.25, 0.3) is 0 Å². The number of nitrogens with one attached hydrogen (secondary N) is 1. The van der Waals surface area contributed by atoms with Crippen LogP contribution in [-0.4, -0.2) is 54.2 Å². The largest absolute Gasteiger partial charge is 0.391 e. The summed E-state index contributed by atoms with van der Waals surface area (Å²) in [6.07, 6.45) is -3.62. The second kappa shape index (κ2) is 7.75. The van der Waals surface area contributed by atoms with E-state index < -0.39 is 12.1 Å². The SMILES string of the molecule is Cl.O=C(CC1CSCCN1)N1CCC(C(F)(F)F)CC1. The normalized spacial score (nSPS) is 25.1. The van der Waals surface area contributed by atoms with Crippen molar-refractivity contribution in [2.24, 2.45) is 5.92 Å². The smallest absolute Gasteiger partial charge is 0.343 e. The summed E-state index contributed by atoms with van der Waals surface area (Å²) in [6, 6.07) is 0.173. The molecule has 1 atom stereocenters. The Balaban J connectivity index is 0.00000200. The molecule has 20 heavy (non-hydrogen) atoms. The Bertz CT molecular complexity index is 316. The van der Waals surface area contributed by atoms with Crippen LogP contribution in [-0.2, 0) is 4.79 Å². The highest BCUT2D eigenvalue weighted by Crippen LogP contribution is 2.34. The number of amides is 1. The first-order valence-corrected chi connectivity index (χ1v) is 7.78. The monoisotopic (exact) mass is 332 g/mol. The van der Waals surface area contributed by atoms with Crippen molar-refractivity contribution in [3.63, 3.8) is 0 Å². The van der Waals surface area contributed by atoms with Gasteiger partial charge in [0.15, 0.2) is 0 Å². The summed E-state index contributed by atoms with van der Waals surface area (Å²) < 4.78 is 37.6. The van der Waals surface area contributed by atoms with Gasteiger partial charge in [-0.15, -0.1) is 12.4 Å². The fraction of sp³-hybridized carbons (Fsp3) is 0.917. The van der Waals surface area contributed by atoms with Crippen LogP contribution in [0.2, 0.25) is 0 Å². The van der Waals surface area contributed by atoms with Gasteiger partial charge in [0, 0.05) is 43.6 Å². The van der Waals surface area contributed by atoms with E-state index in [0.717, 1.165) is 18.1 Å². The highest BCUT2D eigenvalue weighted by atomic mass is 35.5. The molecule has 2 saturated heterocycles. The third-order valence-electron chi connectivity index (χ3n) is 3.73. The maximum Gasteiger partial charge on any atom is 0.391 e. The van der Waals surface area contributed by atoms with Gasteiger partial charge in [0.05, 0.1) is 5.92 Å². The lowest BCUT2D eigenvalue weighted by Gasteiger charge is -2.34. The summed E-state index contributed by atoms with van der Waals surface area (Å²) in [5.41, 5.74) is 0. The van der Waals surface area contributed by atoms with Crippen molar-refractivity contribution in [2.75, 3.05) is 31.1 Å². The quantitative estimate of drug-likeness (QED) is 0.842. The Labute approximate surface area is 127 Å². The lowest BCUT2D eigenvalue weighted by molar-refractivity contribution is -0.186. The van der Waals surface area contributed by atoms with E-state index in [-0.39, 0.29) is 50.3 Å². The van der Waals surface area contributed by atoms with E-state index in [0.29, 0.717) is 6.42 Å². The number of carbonyl (C=O) groups excluding carboxylic acids is 1. The fourth-order valence-electron chi connectivity index (χ4n) is 2.55. The van der Waals surface area contributed by atoms with Gasteiger partial charge in [0.1, 0.15) is 0 Å². The van der Waals surface area contributed by atoms with Gasteiger partial charge in [-0.05, 0) is 12.8 Å². The van der Waals surface area contributed by atoms with Gasteiger partial charge in [0.2, 0.25) is 5.91 Å². The number of nitrogens with zero attached hydrogens (tertiary/aromatic N) is 1. The average Bonchev–Trinajstić information content (AvgIpc) is 2.39. The van der Waals surface area contributed by atoms with E-state index in [1.165, 1.54) is 0 Å². The van der Waals surface area contributed by atoms with Crippen LogP contribution in [0.1, 0.15) is 19.3 Å². The van der Waals surface area contributed by atoms with Crippen molar-refractivity contribution in [3.05, 3.63) is 0 Å². The Hall–Kier alpha value is -0.140. The van der Waals surface area contributed by atoms with Crippen molar-refractivity contribution in [2.45, 2.75) is 31.5 Å². The topological polar surface area (TPSA) is 32.3 Å². The average molecular weight is 333 g/mol. The fourth-order valence-corrected chi connectivity index (χ4v) is 3.50. The summed E-state index contributed by atoms with van der Waals surface area (Å²) in [5.74, 6) is 0.715. The second-order valence-corrected chi connectivity index (χ2v) is 6.28. The van der Waals surface area contributed by atoms with Crippen molar-refractivity contribution >= 4 is 30.1 Å². The Morgan fingerprint density at radius 3 is 2.45 bits per heavy atom.